The number of rotatable bonds is 4. The predicted molar refractivity (Wildman–Crippen MR) is 45.3 cm³/mol. The minimum Gasteiger partial charge on any atom is -0.481 e. The molecule has 0 unspecified atom stereocenters. The van der Waals surface area contributed by atoms with Crippen LogP contribution < -0.4 is 0 Å². The first kappa shape index (κ1) is 9.69. The standard InChI is InChI=1S/C9H12O2/c1-2-3-4-5-6-7-8-9(10)11/h2-7H,8H2,1H3,(H,10,11)/b3-2-,5-4-,7-6+. The smallest absolute Gasteiger partial charge is 0.307 e. The minimum absolute atomic E-state index is 0.0835. The van der Waals surface area contributed by atoms with Crippen molar-refractivity contribution in [1.29, 1.82) is 0 Å². The van der Waals surface area contributed by atoms with Gasteiger partial charge in [0.2, 0.25) is 0 Å². The van der Waals surface area contributed by atoms with Gasteiger partial charge in [0.05, 0.1) is 6.42 Å². The molecular formula is C9H12O2. The molecule has 1 N–H and O–H groups in total. The highest BCUT2D eigenvalue weighted by Crippen LogP contribution is 1.84. The summed E-state index contributed by atoms with van der Waals surface area (Å²) in [5.41, 5.74) is 0. The molecule has 0 aliphatic heterocycles. The normalized spacial score (nSPS) is 12.1. The molecule has 0 radical (unpaired) electrons. The lowest BCUT2D eigenvalue weighted by Gasteiger charge is -1.79. The third-order valence-corrected chi connectivity index (χ3v) is 0.954. The van der Waals surface area contributed by atoms with E-state index in [-0.39, 0.29) is 6.42 Å². The second-order valence-corrected chi connectivity index (χ2v) is 1.94. The molecule has 0 saturated heterocycles. The third kappa shape index (κ3) is 8.69. The second kappa shape index (κ2) is 6.81. The number of hydrogen-bond donors (Lipinski definition) is 1. The Morgan fingerprint density at radius 3 is 2.45 bits per heavy atom. The summed E-state index contributed by atoms with van der Waals surface area (Å²) in [6, 6.07) is 0. The molecule has 0 aromatic carbocycles. The minimum atomic E-state index is -0.805. The summed E-state index contributed by atoms with van der Waals surface area (Å²) < 4.78 is 0. The van der Waals surface area contributed by atoms with E-state index in [2.05, 4.69) is 0 Å². The molecule has 2 nitrogen and oxygen atoms in total. The van der Waals surface area contributed by atoms with Gasteiger partial charge in [0.15, 0.2) is 0 Å². The van der Waals surface area contributed by atoms with Crippen LogP contribution in [-0.2, 0) is 4.79 Å². The van der Waals surface area contributed by atoms with Gasteiger partial charge in [0.25, 0.3) is 0 Å². The lowest BCUT2D eigenvalue weighted by Crippen LogP contribution is -1.89. The Bertz CT molecular complexity index is 188. The van der Waals surface area contributed by atoms with Crippen molar-refractivity contribution in [3.8, 4) is 0 Å². The molecule has 11 heavy (non-hydrogen) atoms. The Labute approximate surface area is 66.5 Å². The Balaban J connectivity index is 3.51. The topological polar surface area (TPSA) is 37.3 Å². The van der Waals surface area contributed by atoms with Crippen LogP contribution in [0.3, 0.4) is 0 Å². The average molecular weight is 152 g/mol. The lowest BCUT2D eigenvalue weighted by atomic mass is 10.3. The van der Waals surface area contributed by atoms with Crippen LogP contribution in [0.15, 0.2) is 36.5 Å². The maximum atomic E-state index is 10.00. The fourth-order valence-electron chi connectivity index (χ4n) is 0.487. The number of carboxylic acids is 1. The summed E-state index contributed by atoms with van der Waals surface area (Å²) in [6.45, 7) is 1.92. The maximum Gasteiger partial charge on any atom is 0.307 e. The summed E-state index contributed by atoms with van der Waals surface area (Å²) in [6.07, 6.45) is 10.8. The summed E-state index contributed by atoms with van der Waals surface area (Å²) in [5, 5.41) is 8.23. The molecule has 0 heterocycles. The molecule has 0 bridgehead atoms. The summed E-state index contributed by atoms with van der Waals surface area (Å²) >= 11 is 0. The Morgan fingerprint density at radius 1 is 1.27 bits per heavy atom. The number of hydrogen-bond acceptors (Lipinski definition) is 1. The van der Waals surface area contributed by atoms with E-state index < -0.39 is 5.97 Å². The molecule has 2 heteroatoms. The number of carbonyl (C=O) groups is 1. The quantitative estimate of drug-likeness (QED) is 0.627. The SMILES string of the molecule is C\C=C/C=C\C=C\CC(=O)O. The molecule has 0 amide bonds. The van der Waals surface area contributed by atoms with Crippen molar-refractivity contribution >= 4 is 5.97 Å². The van der Waals surface area contributed by atoms with Crippen molar-refractivity contribution in [2.24, 2.45) is 0 Å². The maximum absolute atomic E-state index is 10.00. The molecule has 0 aromatic heterocycles. The van der Waals surface area contributed by atoms with Crippen LogP contribution in [0.25, 0.3) is 0 Å². The van der Waals surface area contributed by atoms with Crippen LogP contribution in [0.2, 0.25) is 0 Å². The van der Waals surface area contributed by atoms with Crippen molar-refractivity contribution in [2.75, 3.05) is 0 Å². The third-order valence-electron chi connectivity index (χ3n) is 0.954. The van der Waals surface area contributed by atoms with Crippen molar-refractivity contribution in [1.82, 2.24) is 0 Å². The average Bonchev–Trinajstić information content (AvgIpc) is 1.96. The van der Waals surface area contributed by atoms with Gasteiger partial charge in [-0.3, -0.25) is 4.79 Å². The summed E-state index contributed by atoms with van der Waals surface area (Å²) in [7, 11) is 0. The van der Waals surface area contributed by atoms with Crippen molar-refractivity contribution in [3.05, 3.63) is 36.5 Å². The summed E-state index contributed by atoms with van der Waals surface area (Å²) in [5.74, 6) is -0.805. The molecule has 0 aliphatic rings. The largest absolute Gasteiger partial charge is 0.481 e. The fourth-order valence-corrected chi connectivity index (χ4v) is 0.487. The van der Waals surface area contributed by atoms with E-state index in [1.165, 1.54) is 0 Å². The molecule has 0 spiro atoms. The monoisotopic (exact) mass is 152 g/mol. The van der Waals surface area contributed by atoms with Gasteiger partial charge < -0.3 is 5.11 Å². The van der Waals surface area contributed by atoms with Gasteiger partial charge in [0.1, 0.15) is 0 Å². The highest BCUT2D eigenvalue weighted by molar-refractivity contribution is 5.68. The number of aliphatic carboxylic acids is 1. The molecule has 0 saturated carbocycles. The van der Waals surface area contributed by atoms with Crippen molar-refractivity contribution in [3.63, 3.8) is 0 Å². The first-order chi connectivity index (χ1) is 5.27. The van der Waals surface area contributed by atoms with Gasteiger partial charge in [-0.1, -0.05) is 36.5 Å². The van der Waals surface area contributed by atoms with Crippen LogP contribution in [-0.4, -0.2) is 11.1 Å². The van der Waals surface area contributed by atoms with Gasteiger partial charge in [-0.05, 0) is 6.92 Å². The highest BCUT2D eigenvalue weighted by atomic mass is 16.4. The zero-order chi connectivity index (χ0) is 8.53. The van der Waals surface area contributed by atoms with E-state index in [9.17, 15) is 4.79 Å². The number of allylic oxidation sites excluding steroid dienone is 5. The Hall–Kier alpha value is -1.31. The van der Waals surface area contributed by atoms with Gasteiger partial charge >= 0.3 is 5.97 Å². The van der Waals surface area contributed by atoms with Gasteiger partial charge in [0, 0.05) is 0 Å². The second-order valence-electron chi connectivity index (χ2n) is 1.94. The first-order valence-electron chi connectivity index (χ1n) is 3.43. The Morgan fingerprint density at radius 2 is 1.91 bits per heavy atom. The highest BCUT2D eigenvalue weighted by Gasteiger charge is 1.86. The zero-order valence-corrected chi connectivity index (χ0v) is 6.53. The van der Waals surface area contributed by atoms with Crippen LogP contribution in [0.4, 0.5) is 0 Å². The molecular weight excluding hydrogens is 140 g/mol. The van der Waals surface area contributed by atoms with Crippen molar-refractivity contribution < 1.29 is 9.90 Å². The van der Waals surface area contributed by atoms with E-state index in [0.29, 0.717) is 0 Å². The molecule has 0 aromatic rings. The number of carboxylic acid groups (broad SMARTS) is 1. The van der Waals surface area contributed by atoms with E-state index in [4.69, 9.17) is 5.11 Å². The van der Waals surface area contributed by atoms with Crippen molar-refractivity contribution in [2.45, 2.75) is 13.3 Å². The van der Waals surface area contributed by atoms with Gasteiger partial charge in [-0.25, -0.2) is 0 Å². The molecule has 0 atom stereocenters. The van der Waals surface area contributed by atoms with Gasteiger partial charge in [-0.15, -0.1) is 0 Å². The van der Waals surface area contributed by atoms with Crippen LogP contribution in [0.1, 0.15) is 13.3 Å². The predicted octanol–water partition coefficient (Wildman–Crippen LogP) is 2.15. The first-order valence-corrected chi connectivity index (χ1v) is 3.43. The molecule has 0 fully saturated rings. The molecule has 0 aliphatic carbocycles. The van der Waals surface area contributed by atoms with E-state index in [1.54, 1.807) is 18.2 Å². The van der Waals surface area contributed by atoms with Crippen LogP contribution in [0, 0.1) is 0 Å². The molecule has 60 valence electrons. The lowest BCUT2D eigenvalue weighted by molar-refractivity contribution is -0.135. The van der Waals surface area contributed by atoms with Crippen LogP contribution >= 0.6 is 0 Å². The van der Waals surface area contributed by atoms with Crippen LogP contribution in [0.5, 0.6) is 0 Å². The van der Waals surface area contributed by atoms with E-state index >= 15 is 0 Å². The molecule has 0 rings (SSSR count). The zero-order valence-electron chi connectivity index (χ0n) is 6.53. The van der Waals surface area contributed by atoms with E-state index in [0.717, 1.165) is 0 Å². The summed E-state index contributed by atoms with van der Waals surface area (Å²) in [4.78, 5) is 10.00. The Kier molecular flexibility index (Phi) is 5.99. The van der Waals surface area contributed by atoms with E-state index in [1.807, 2.05) is 25.2 Å². The van der Waals surface area contributed by atoms with Gasteiger partial charge in [-0.2, -0.15) is 0 Å². The fraction of sp³-hybridized carbons (Fsp3) is 0.222.